The van der Waals surface area contributed by atoms with Gasteiger partial charge < -0.3 is 29.9 Å². The molecular formula is C24H29FN4O5. The third kappa shape index (κ3) is 6.03. The Kier molecular flexibility index (Phi) is 8.08. The minimum atomic E-state index is -0.968. The lowest BCUT2D eigenvalue weighted by Gasteiger charge is -2.20. The standard InChI is InChI=1S/C24H29FN4O5/c1-4-16-6-5-7-20(23(16)25)34-18-11-22(32)29(13-18)19(10-15(2)3)24(33)26-21-8-9-28(27-21)12-17(31)14-30/h4-9,11,13,15,17,19,30-32H,1,10,12,14H2,2-3H3,(H,26,27,33)/t17-,19+/m1/s1. The van der Waals surface area contributed by atoms with E-state index in [1.165, 1.54) is 33.7 Å². The summed E-state index contributed by atoms with van der Waals surface area (Å²) in [6.45, 7) is 7.12. The van der Waals surface area contributed by atoms with Crippen LogP contribution in [0.5, 0.6) is 17.4 Å². The maximum absolute atomic E-state index is 14.5. The van der Waals surface area contributed by atoms with Crippen LogP contribution in [0, 0.1) is 11.7 Å². The normalized spacial score (nSPS) is 13.0. The zero-order chi connectivity index (χ0) is 24.8. The van der Waals surface area contributed by atoms with Crippen molar-refractivity contribution in [3.8, 4) is 17.4 Å². The van der Waals surface area contributed by atoms with Gasteiger partial charge >= 0.3 is 0 Å². The van der Waals surface area contributed by atoms with Gasteiger partial charge in [0.15, 0.2) is 23.3 Å². The van der Waals surface area contributed by atoms with Crippen LogP contribution in [0.1, 0.15) is 31.9 Å². The fraction of sp³-hybridized carbons (Fsp3) is 0.333. The predicted molar refractivity (Wildman–Crippen MR) is 125 cm³/mol. The second-order valence-corrected chi connectivity index (χ2v) is 8.30. The van der Waals surface area contributed by atoms with E-state index in [1.54, 1.807) is 24.4 Å². The summed E-state index contributed by atoms with van der Waals surface area (Å²) in [5.41, 5.74) is 0.282. The number of amides is 1. The molecule has 0 saturated heterocycles. The quantitative estimate of drug-likeness (QED) is 0.339. The molecule has 1 amide bonds. The van der Waals surface area contributed by atoms with Crippen LogP contribution >= 0.6 is 0 Å². The van der Waals surface area contributed by atoms with Crippen molar-refractivity contribution >= 4 is 17.8 Å². The molecule has 0 aliphatic rings. The summed E-state index contributed by atoms with van der Waals surface area (Å²) < 4.78 is 22.9. The maximum atomic E-state index is 14.5. The van der Waals surface area contributed by atoms with Crippen molar-refractivity contribution in [1.29, 1.82) is 0 Å². The molecule has 2 aromatic heterocycles. The van der Waals surface area contributed by atoms with Crippen LogP contribution in [0.15, 0.2) is 49.3 Å². The summed E-state index contributed by atoms with van der Waals surface area (Å²) in [4.78, 5) is 13.1. The number of aliphatic hydroxyl groups excluding tert-OH is 2. The summed E-state index contributed by atoms with van der Waals surface area (Å²) in [5.74, 6) is -0.706. The van der Waals surface area contributed by atoms with Crippen LogP contribution in [0.3, 0.4) is 0 Å². The zero-order valence-corrected chi connectivity index (χ0v) is 19.1. The Morgan fingerprint density at radius 1 is 1.35 bits per heavy atom. The zero-order valence-electron chi connectivity index (χ0n) is 19.1. The Morgan fingerprint density at radius 2 is 2.12 bits per heavy atom. The highest BCUT2D eigenvalue weighted by molar-refractivity contribution is 5.93. The SMILES string of the molecule is C=Cc1cccc(Oc2cc(O)n([C@@H](CC(C)C)C(=O)Nc3ccn(C[C@@H](O)CO)n3)c2)c1F. The number of aromatic nitrogens is 3. The number of benzene rings is 1. The number of anilines is 1. The molecule has 4 N–H and O–H groups in total. The van der Waals surface area contributed by atoms with E-state index < -0.39 is 30.5 Å². The average molecular weight is 473 g/mol. The van der Waals surface area contributed by atoms with Gasteiger partial charge in [0.1, 0.15) is 11.8 Å². The van der Waals surface area contributed by atoms with Crippen LogP contribution < -0.4 is 10.1 Å². The number of rotatable bonds is 11. The van der Waals surface area contributed by atoms with Crippen LogP contribution in [-0.4, -0.2) is 48.3 Å². The van der Waals surface area contributed by atoms with Crippen molar-refractivity contribution in [1.82, 2.24) is 14.3 Å². The Morgan fingerprint density at radius 3 is 2.79 bits per heavy atom. The molecule has 2 heterocycles. The van der Waals surface area contributed by atoms with E-state index in [0.29, 0.717) is 6.42 Å². The molecule has 1 aromatic carbocycles. The van der Waals surface area contributed by atoms with E-state index in [0.717, 1.165) is 0 Å². The number of halogens is 1. The van der Waals surface area contributed by atoms with Gasteiger partial charge in [0.2, 0.25) is 5.91 Å². The molecule has 10 heteroatoms. The molecule has 3 aromatic rings. The molecule has 0 unspecified atom stereocenters. The van der Waals surface area contributed by atoms with E-state index in [4.69, 9.17) is 9.84 Å². The highest BCUT2D eigenvalue weighted by Gasteiger charge is 2.26. The van der Waals surface area contributed by atoms with Crippen molar-refractivity contribution in [2.75, 3.05) is 11.9 Å². The summed E-state index contributed by atoms with van der Waals surface area (Å²) in [6, 6.07) is 6.72. The summed E-state index contributed by atoms with van der Waals surface area (Å²) in [6.07, 6.45) is 3.82. The van der Waals surface area contributed by atoms with E-state index in [2.05, 4.69) is 17.0 Å². The molecule has 0 aliphatic heterocycles. The summed E-state index contributed by atoms with van der Waals surface area (Å²) >= 11 is 0. The molecule has 3 rings (SSSR count). The largest absolute Gasteiger partial charge is 0.494 e. The van der Waals surface area contributed by atoms with Gasteiger partial charge in [-0.2, -0.15) is 5.10 Å². The fourth-order valence-electron chi connectivity index (χ4n) is 3.45. The van der Waals surface area contributed by atoms with Crippen LogP contribution in [-0.2, 0) is 11.3 Å². The molecule has 0 radical (unpaired) electrons. The Balaban J connectivity index is 1.81. The first-order valence-corrected chi connectivity index (χ1v) is 10.8. The van der Waals surface area contributed by atoms with E-state index in [1.807, 2.05) is 13.8 Å². The molecule has 9 nitrogen and oxygen atoms in total. The molecule has 0 aliphatic carbocycles. The lowest BCUT2D eigenvalue weighted by atomic mass is 10.0. The van der Waals surface area contributed by atoms with Gasteiger partial charge in [-0.1, -0.05) is 38.6 Å². The fourth-order valence-corrected chi connectivity index (χ4v) is 3.45. The third-order valence-electron chi connectivity index (χ3n) is 5.08. The van der Waals surface area contributed by atoms with Crippen LogP contribution in [0.2, 0.25) is 0 Å². The number of hydrogen-bond donors (Lipinski definition) is 4. The molecule has 182 valence electrons. The topological polar surface area (TPSA) is 122 Å². The smallest absolute Gasteiger partial charge is 0.248 e. The predicted octanol–water partition coefficient (Wildman–Crippen LogP) is 3.54. The van der Waals surface area contributed by atoms with E-state index >= 15 is 0 Å². The molecule has 0 spiro atoms. The average Bonchev–Trinajstić information content (AvgIpc) is 3.38. The summed E-state index contributed by atoms with van der Waals surface area (Å²) in [5, 5.41) is 35.9. The molecular weight excluding hydrogens is 443 g/mol. The first-order valence-electron chi connectivity index (χ1n) is 10.8. The Bertz CT molecular complexity index is 1140. The highest BCUT2D eigenvalue weighted by atomic mass is 19.1. The van der Waals surface area contributed by atoms with Gasteiger partial charge in [-0.05, 0) is 18.4 Å². The number of aromatic hydroxyl groups is 1. The first-order chi connectivity index (χ1) is 16.2. The monoisotopic (exact) mass is 472 g/mol. The van der Waals surface area contributed by atoms with Crippen LogP contribution in [0.4, 0.5) is 10.2 Å². The van der Waals surface area contributed by atoms with Gasteiger partial charge in [-0.25, -0.2) is 4.39 Å². The van der Waals surface area contributed by atoms with Gasteiger partial charge in [0, 0.05) is 23.9 Å². The van der Waals surface area contributed by atoms with Gasteiger partial charge in [0.05, 0.1) is 25.5 Å². The Labute approximate surface area is 196 Å². The number of aliphatic hydroxyl groups is 2. The first kappa shape index (κ1) is 25.0. The maximum Gasteiger partial charge on any atom is 0.248 e. The number of carbonyl (C=O) groups is 1. The van der Waals surface area contributed by atoms with E-state index in [9.17, 15) is 19.4 Å². The van der Waals surface area contributed by atoms with Crippen molar-refractivity contribution in [2.24, 2.45) is 5.92 Å². The lowest BCUT2D eigenvalue weighted by molar-refractivity contribution is -0.119. The molecule has 0 fully saturated rings. The number of ether oxygens (including phenoxy) is 1. The third-order valence-corrected chi connectivity index (χ3v) is 5.08. The number of carbonyl (C=O) groups excluding carboxylic acids is 1. The van der Waals surface area contributed by atoms with Crippen molar-refractivity contribution in [2.45, 2.75) is 39.0 Å². The number of nitrogens with zero attached hydrogens (tertiary/aromatic N) is 3. The van der Waals surface area contributed by atoms with E-state index in [-0.39, 0.29) is 41.2 Å². The van der Waals surface area contributed by atoms with Crippen molar-refractivity contribution < 1.29 is 29.2 Å². The Hall–Kier alpha value is -3.63. The molecule has 0 bridgehead atoms. The minimum absolute atomic E-state index is 0.0324. The van der Waals surface area contributed by atoms with Crippen molar-refractivity contribution in [3.05, 3.63) is 60.7 Å². The second-order valence-electron chi connectivity index (χ2n) is 8.30. The van der Waals surface area contributed by atoms with Gasteiger partial charge in [-0.3, -0.25) is 9.48 Å². The summed E-state index contributed by atoms with van der Waals surface area (Å²) in [7, 11) is 0. The molecule has 2 atom stereocenters. The van der Waals surface area contributed by atoms with Crippen LogP contribution in [0.25, 0.3) is 6.08 Å². The number of hydrogen-bond acceptors (Lipinski definition) is 6. The van der Waals surface area contributed by atoms with Gasteiger partial charge in [-0.15, -0.1) is 0 Å². The van der Waals surface area contributed by atoms with Gasteiger partial charge in [0.25, 0.3) is 0 Å². The lowest BCUT2D eigenvalue weighted by Crippen LogP contribution is -2.27. The number of nitrogens with one attached hydrogen (secondary N) is 1. The minimum Gasteiger partial charge on any atom is -0.494 e. The second kappa shape index (κ2) is 11.0. The van der Waals surface area contributed by atoms with Crippen molar-refractivity contribution in [3.63, 3.8) is 0 Å². The molecule has 34 heavy (non-hydrogen) atoms. The highest BCUT2D eigenvalue weighted by Crippen LogP contribution is 2.34. The molecule has 0 saturated carbocycles.